The van der Waals surface area contributed by atoms with Crippen molar-refractivity contribution >= 4 is 28.2 Å². The van der Waals surface area contributed by atoms with Crippen molar-refractivity contribution in [3.63, 3.8) is 0 Å². The lowest BCUT2D eigenvalue weighted by Gasteiger charge is -2.14. The predicted octanol–water partition coefficient (Wildman–Crippen LogP) is 3.37. The summed E-state index contributed by atoms with van der Waals surface area (Å²) < 4.78 is 15.9. The molecule has 0 unspecified atom stereocenters. The van der Waals surface area contributed by atoms with Crippen molar-refractivity contribution in [2.45, 2.75) is 6.92 Å². The lowest BCUT2D eigenvalue weighted by molar-refractivity contribution is 0.102. The molecule has 8 nitrogen and oxygen atoms in total. The molecule has 0 aliphatic rings. The Hall–Kier alpha value is -3.33. The predicted molar refractivity (Wildman–Crippen MR) is 109 cm³/mol. The average Bonchev–Trinajstić information content (AvgIpc) is 3.04. The lowest BCUT2D eigenvalue weighted by Crippen LogP contribution is -2.13. The first-order valence-corrected chi connectivity index (χ1v) is 9.09. The highest BCUT2D eigenvalue weighted by atomic mass is 32.1. The molecule has 3 aromatic rings. The van der Waals surface area contributed by atoms with Crippen LogP contribution in [-0.2, 0) is 0 Å². The van der Waals surface area contributed by atoms with Crippen LogP contribution < -0.4 is 25.3 Å². The number of nitrogen functional groups attached to an aromatic ring is 1. The number of benzene rings is 1. The second-order valence-electron chi connectivity index (χ2n) is 5.76. The van der Waals surface area contributed by atoms with Gasteiger partial charge in [0.25, 0.3) is 5.91 Å². The summed E-state index contributed by atoms with van der Waals surface area (Å²) in [6, 6.07) is 6.77. The fraction of sp³-hybridized carbons (Fsp3) is 0.211. The van der Waals surface area contributed by atoms with Crippen LogP contribution in [0.3, 0.4) is 0 Å². The van der Waals surface area contributed by atoms with Crippen LogP contribution in [0.1, 0.15) is 16.1 Å². The van der Waals surface area contributed by atoms with Gasteiger partial charge in [-0.25, -0.2) is 9.97 Å². The van der Waals surface area contributed by atoms with E-state index < -0.39 is 0 Å². The molecule has 0 spiro atoms. The Morgan fingerprint density at radius 1 is 1.11 bits per heavy atom. The summed E-state index contributed by atoms with van der Waals surface area (Å²) in [5.41, 5.74) is 7.83. The highest BCUT2D eigenvalue weighted by molar-refractivity contribution is 7.18. The van der Waals surface area contributed by atoms with Gasteiger partial charge in [0.15, 0.2) is 16.6 Å². The molecule has 0 bridgehead atoms. The largest absolute Gasteiger partial charge is 0.493 e. The van der Waals surface area contributed by atoms with Crippen LogP contribution in [0.4, 0.5) is 10.9 Å². The fourth-order valence-corrected chi connectivity index (χ4v) is 3.56. The van der Waals surface area contributed by atoms with Gasteiger partial charge in [0.1, 0.15) is 5.82 Å². The zero-order valence-corrected chi connectivity index (χ0v) is 16.7. The van der Waals surface area contributed by atoms with Crippen molar-refractivity contribution in [2.75, 3.05) is 32.4 Å². The second kappa shape index (κ2) is 8.13. The van der Waals surface area contributed by atoms with E-state index >= 15 is 0 Å². The van der Waals surface area contributed by atoms with E-state index in [1.54, 1.807) is 24.4 Å². The number of thiazole rings is 1. The Morgan fingerprint density at radius 2 is 1.79 bits per heavy atom. The summed E-state index contributed by atoms with van der Waals surface area (Å²) in [6.45, 7) is 1.89. The molecular weight excluding hydrogens is 380 g/mol. The van der Waals surface area contributed by atoms with Crippen LogP contribution in [0.15, 0.2) is 30.5 Å². The van der Waals surface area contributed by atoms with Crippen LogP contribution in [0.25, 0.3) is 10.4 Å². The third kappa shape index (κ3) is 3.84. The number of nitrogens with zero attached hydrogens (tertiary/aromatic N) is 2. The van der Waals surface area contributed by atoms with Gasteiger partial charge in [0.05, 0.1) is 31.9 Å². The van der Waals surface area contributed by atoms with Crippen molar-refractivity contribution in [3.05, 3.63) is 41.7 Å². The van der Waals surface area contributed by atoms with Crippen molar-refractivity contribution in [3.8, 4) is 27.7 Å². The van der Waals surface area contributed by atoms with Gasteiger partial charge in [-0.05, 0) is 36.8 Å². The van der Waals surface area contributed by atoms with Crippen LogP contribution in [0.5, 0.6) is 17.2 Å². The number of nitrogens with one attached hydrogen (secondary N) is 1. The zero-order valence-electron chi connectivity index (χ0n) is 15.9. The van der Waals surface area contributed by atoms with E-state index in [2.05, 4.69) is 15.3 Å². The highest BCUT2D eigenvalue weighted by Gasteiger charge is 2.18. The lowest BCUT2D eigenvalue weighted by atomic mass is 10.1. The van der Waals surface area contributed by atoms with Crippen LogP contribution in [0.2, 0.25) is 0 Å². The van der Waals surface area contributed by atoms with E-state index in [-0.39, 0.29) is 5.91 Å². The second-order valence-corrected chi connectivity index (χ2v) is 6.80. The van der Waals surface area contributed by atoms with Gasteiger partial charge in [-0.3, -0.25) is 4.79 Å². The molecule has 0 fully saturated rings. The molecule has 3 rings (SSSR count). The Kier molecular flexibility index (Phi) is 5.65. The topological polar surface area (TPSA) is 109 Å². The summed E-state index contributed by atoms with van der Waals surface area (Å²) in [5.74, 6) is 1.25. The number of carbonyl (C=O) groups excluding carboxylic acids is 1. The molecule has 28 heavy (non-hydrogen) atoms. The fourth-order valence-electron chi connectivity index (χ4n) is 2.73. The maximum absolute atomic E-state index is 12.7. The molecule has 2 aromatic heterocycles. The van der Waals surface area contributed by atoms with Crippen molar-refractivity contribution < 1.29 is 19.0 Å². The van der Waals surface area contributed by atoms with Gasteiger partial charge < -0.3 is 25.3 Å². The molecule has 0 atom stereocenters. The molecular formula is C19H20N4O4S. The molecule has 3 N–H and O–H groups in total. The number of anilines is 2. The van der Waals surface area contributed by atoms with Crippen LogP contribution in [-0.4, -0.2) is 37.2 Å². The van der Waals surface area contributed by atoms with Gasteiger partial charge >= 0.3 is 0 Å². The number of amides is 1. The standard InChI is InChI=1S/C19H20N4O4S/c1-10-17(28-19(20)22-10)11-5-6-21-15(9-11)23-18(24)12-7-13(25-2)16(27-4)14(8-12)26-3/h5-9H,1-4H3,(H2,20,22)(H,21,23,24). The normalized spacial score (nSPS) is 10.4. The molecule has 1 amide bonds. The molecule has 0 radical (unpaired) electrons. The van der Waals surface area contributed by atoms with Gasteiger partial charge in [-0.15, -0.1) is 0 Å². The summed E-state index contributed by atoms with van der Waals surface area (Å²) in [5, 5.41) is 3.28. The first-order valence-electron chi connectivity index (χ1n) is 8.27. The minimum atomic E-state index is -0.357. The maximum atomic E-state index is 12.7. The van der Waals surface area contributed by atoms with E-state index in [9.17, 15) is 4.79 Å². The van der Waals surface area contributed by atoms with Crippen LogP contribution >= 0.6 is 11.3 Å². The SMILES string of the molecule is COc1cc(C(=O)Nc2cc(-c3sc(N)nc3C)ccn2)cc(OC)c1OC. The Morgan fingerprint density at radius 3 is 2.32 bits per heavy atom. The quantitative estimate of drug-likeness (QED) is 0.653. The number of hydrogen-bond donors (Lipinski definition) is 2. The number of rotatable bonds is 6. The van der Waals surface area contributed by atoms with Gasteiger partial charge in [-0.1, -0.05) is 11.3 Å². The molecule has 0 saturated heterocycles. The van der Waals surface area contributed by atoms with Crippen LogP contribution in [0, 0.1) is 6.92 Å². The number of aryl methyl sites for hydroxylation is 1. The Balaban J connectivity index is 1.89. The summed E-state index contributed by atoms with van der Waals surface area (Å²) in [4.78, 5) is 22.1. The molecule has 0 aliphatic heterocycles. The van der Waals surface area contributed by atoms with Gasteiger partial charge in [0.2, 0.25) is 5.75 Å². The third-order valence-corrected chi connectivity index (χ3v) is 5.04. The van der Waals surface area contributed by atoms with E-state index in [1.165, 1.54) is 32.7 Å². The summed E-state index contributed by atoms with van der Waals surface area (Å²) in [7, 11) is 4.49. The molecule has 1 aromatic carbocycles. The van der Waals surface area contributed by atoms with E-state index in [0.717, 1.165) is 16.1 Å². The molecule has 2 heterocycles. The monoisotopic (exact) mass is 400 g/mol. The van der Waals surface area contributed by atoms with Crippen molar-refractivity contribution in [2.24, 2.45) is 0 Å². The minimum absolute atomic E-state index is 0.347. The van der Waals surface area contributed by atoms with Crippen molar-refractivity contribution in [1.82, 2.24) is 9.97 Å². The third-order valence-electron chi connectivity index (χ3n) is 4.00. The van der Waals surface area contributed by atoms with Gasteiger partial charge in [0, 0.05) is 11.8 Å². The molecule has 0 saturated carbocycles. The van der Waals surface area contributed by atoms with Crippen molar-refractivity contribution in [1.29, 1.82) is 0 Å². The zero-order chi connectivity index (χ0) is 20.3. The number of hydrogen-bond acceptors (Lipinski definition) is 8. The average molecular weight is 400 g/mol. The Labute approximate surface area is 166 Å². The summed E-state index contributed by atoms with van der Waals surface area (Å²) in [6.07, 6.45) is 1.62. The number of carbonyl (C=O) groups is 1. The molecule has 9 heteroatoms. The Bertz CT molecular complexity index is 994. The number of pyridine rings is 1. The summed E-state index contributed by atoms with van der Waals surface area (Å²) >= 11 is 1.38. The number of ether oxygens (including phenoxy) is 3. The number of aromatic nitrogens is 2. The molecule has 0 aliphatic carbocycles. The van der Waals surface area contributed by atoms with E-state index in [4.69, 9.17) is 19.9 Å². The number of nitrogens with two attached hydrogens (primary N) is 1. The minimum Gasteiger partial charge on any atom is -0.493 e. The first kappa shape index (κ1) is 19.4. The van der Waals surface area contributed by atoms with E-state index in [0.29, 0.717) is 33.8 Å². The first-order chi connectivity index (χ1) is 13.5. The molecule has 146 valence electrons. The maximum Gasteiger partial charge on any atom is 0.257 e. The van der Waals surface area contributed by atoms with E-state index in [1.807, 2.05) is 13.0 Å². The van der Waals surface area contributed by atoms with Gasteiger partial charge in [-0.2, -0.15) is 0 Å². The highest BCUT2D eigenvalue weighted by Crippen LogP contribution is 2.38. The number of methoxy groups -OCH3 is 3. The smallest absolute Gasteiger partial charge is 0.257 e.